The summed E-state index contributed by atoms with van der Waals surface area (Å²) >= 11 is 5.09. The van der Waals surface area contributed by atoms with Crippen LogP contribution in [0.15, 0.2) is 38.9 Å². The maximum absolute atomic E-state index is 6.03. The zero-order valence-corrected chi connectivity index (χ0v) is 9.14. The summed E-state index contributed by atoms with van der Waals surface area (Å²) in [6.45, 7) is 0. The van der Waals surface area contributed by atoms with Gasteiger partial charge in [-0.2, -0.15) is 0 Å². The summed E-state index contributed by atoms with van der Waals surface area (Å²) in [5, 5.41) is 2.01. The van der Waals surface area contributed by atoms with E-state index in [-0.39, 0.29) is 6.04 Å². The first kappa shape index (κ1) is 8.99. The van der Waals surface area contributed by atoms with Gasteiger partial charge in [0.05, 0.1) is 18.6 Å². The molecule has 2 aromatic heterocycles. The van der Waals surface area contributed by atoms with Gasteiger partial charge in [-0.05, 0) is 33.4 Å². The lowest BCUT2D eigenvalue weighted by Crippen LogP contribution is -2.09. The molecule has 0 amide bonds. The second-order valence-electron chi connectivity index (χ2n) is 2.67. The topological polar surface area (TPSA) is 39.2 Å². The van der Waals surface area contributed by atoms with Gasteiger partial charge >= 0.3 is 0 Å². The summed E-state index contributed by atoms with van der Waals surface area (Å²) in [5.74, 6) is 0. The van der Waals surface area contributed by atoms with Crippen molar-refractivity contribution in [1.82, 2.24) is 0 Å². The summed E-state index contributed by atoms with van der Waals surface area (Å²) in [6.07, 6.45) is 3.31. The van der Waals surface area contributed by atoms with Crippen molar-refractivity contribution in [3.63, 3.8) is 0 Å². The minimum atomic E-state index is -0.0897. The zero-order chi connectivity index (χ0) is 9.26. The molecular formula is C9H8BrNOS. The Kier molecular flexibility index (Phi) is 2.53. The number of hydrogen-bond donors (Lipinski definition) is 1. The van der Waals surface area contributed by atoms with Crippen molar-refractivity contribution in [2.24, 2.45) is 5.73 Å². The first-order chi connectivity index (χ1) is 6.29. The maximum atomic E-state index is 6.03. The van der Waals surface area contributed by atoms with E-state index in [1.807, 2.05) is 17.5 Å². The fourth-order valence-corrected chi connectivity index (χ4v) is 2.78. The van der Waals surface area contributed by atoms with Gasteiger partial charge in [-0.15, -0.1) is 11.3 Å². The average Bonchev–Trinajstić information content (AvgIpc) is 2.72. The predicted octanol–water partition coefficient (Wildman–Crippen LogP) is 3.15. The van der Waals surface area contributed by atoms with Gasteiger partial charge in [-0.3, -0.25) is 0 Å². The molecule has 0 aliphatic carbocycles. The predicted molar refractivity (Wildman–Crippen MR) is 56.8 cm³/mol. The summed E-state index contributed by atoms with van der Waals surface area (Å²) < 4.78 is 6.04. The number of halogens is 1. The highest BCUT2D eigenvalue weighted by molar-refractivity contribution is 9.10. The Bertz CT molecular complexity index is 382. The lowest BCUT2D eigenvalue weighted by molar-refractivity contribution is 0.562. The van der Waals surface area contributed by atoms with Crippen LogP contribution in [-0.4, -0.2) is 0 Å². The number of furan rings is 1. The highest BCUT2D eigenvalue weighted by Gasteiger charge is 2.13. The van der Waals surface area contributed by atoms with Crippen LogP contribution in [0.2, 0.25) is 0 Å². The van der Waals surface area contributed by atoms with Crippen molar-refractivity contribution in [1.29, 1.82) is 0 Å². The van der Waals surface area contributed by atoms with E-state index in [4.69, 9.17) is 10.2 Å². The lowest BCUT2D eigenvalue weighted by Gasteiger charge is -2.06. The van der Waals surface area contributed by atoms with Gasteiger partial charge < -0.3 is 10.2 Å². The van der Waals surface area contributed by atoms with Crippen LogP contribution in [0.4, 0.5) is 0 Å². The molecule has 0 saturated carbocycles. The van der Waals surface area contributed by atoms with E-state index >= 15 is 0 Å². The normalized spacial score (nSPS) is 13.1. The van der Waals surface area contributed by atoms with Crippen molar-refractivity contribution in [2.45, 2.75) is 6.04 Å². The third-order valence-electron chi connectivity index (χ3n) is 1.83. The summed E-state index contributed by atoms with van der Waals surface area (Å²) in [5.41, 5.74) is 7.03. The molecule has 0 radical (unpaired) electrons. The zero-order valence-electron chi connectivity index (χ0n) is 6.74. The molecule has 2 heterocycles. The van der Waals surface area contributed by atoms with Crippen LogP contribution in [0.25, 0.3) is 0 Å². The molecule has 0 aliphatic heterocycles. The minimum absolute atomic E-state index is 0.0897. The molecule has 0 aliphatic rings. The Morgan fingerprint density at radius 1 is 1.46 bits per heavy atom. The Morgan fingerprint density at radius 3 is 2.85 bits per heavy atom. The smallest absolute Gasteiger partial charge is 0.0954 e. The molecule has 68 valence electrons. The molecule has 2 nitrogen and oxygen atoms in total. The Hall–Kier alpha value is -0.580. The van der Waals surface area contributed by atoms with E-state index in [1.54, 1.807) is 23.9 Å². The molecule has 2 N–H and O–H groups in total. The van der Waals surface area contributed by atoms with E-state index in [9.17, 15) is 0 Å². The highest BCUT2D eigenvalue weighted by atomic mass is 79.9. The Balaban J connectivity index is 2.33. The quantitative estimate of drug-likeness (QED) is 0.898. The first-order valence-electron chi connectivity index (χ1n) is 3.79. The van der Waals surface area contributed by atoms with E-state index in [1.165, 1.54) is 0 Å². The molecule has 0 spiro atoms. The number of rotatable bonds is 2. The van der Waals surface area contributed by atoms with Crippen LogP contribution < -0.4 is 5.73 Å². The number of hydrogen-bond acceptors (Lipinski definition) is 3. The first-order valence-corrected chi connectivity index (χ1v) is 5.47. The molecule has 1 unspecified atom stereocenters. The third kappa shape index (κ3) is 1.70. The molecule has 13 heavy (non-hydrogen) atoms. The van der Waals surface area contributed by atoms with Crippen LogP contribution in [0, 0.1) is 0 Å². The molecule has 0 aromatic carbocycles. The van der Waals surface area contributed by atoms with Gasteiger partial charge in [0, 0.05) is 14.9 Å². The van der Waals surface area contributed by atoms with Crippen molar-refractivity contribution in [2.75, 3.05) is 0 Å². The molecule has 2 aromatic rings. The molecular weight excluding hydrogens is 250 g/mol. The average molecular weight is 258 g/mol. The Labute approximate surface area is 88.5 Å². The van der Waals surface area contributed by atoms with Crippen molar-refractivity contribution >= 4 is 27.3 Å². The van der Waals surface area contributed by atoms with Crippen molar-refractivity contribution in [3.8, 4) is 0 Å². The highest BCUT2D eigenvalue weighted by Crippen LogP contribution is 2.31. The van der Waals surface area contributed by atoms with Gasteiger partial charge in [0.25, 0.3) is 0 Å². The lowest BCUT2D eigenvalue weighted by atomic mass is 10.1. The van der Waals surface area contributed by atoms with Crippen LogP contribution in [-0.2, 0) is 0 Å². The molecule has 0 bridgehead atoms. The van der Waals surface area contributed by atoms with Crippen LogP contribution in [0.1, 0.15) is 16.5 Å². The second-order valence-corrected chi connectivity index (χ2v) is 4.47. The van der Waals surface area contributed by atoms with Gasteiger partial charge in [0.2, 0.25) is 0 Å². The minimum Gasteiger partial charge on any atom is -0.472 e. The molecule has 4 heteroatoms. The van der Waals surface area contributed by atoms with Crippen molar-refractivity contribution in [3.05, 3.63) is 45.0 Å². The Morgan fingerprint density at radius 2 is 2.31 bits per heavy atom. The van der Waals surface area contributed by atoms with Crippen molar-refractivity contribution < 1.29 is 4.42 Å². The van der Waals surface area contributed by atoms with Gasteiger partial charge in [0.15, 0.2) is 0 Å². The standard InChI is InChI=1S/C9H8BrNOS/c10-7-2-4-13-9(7)8(11)6-1-3-12-5-6/h1-5,8H,11H2. The van der Waals surface area contributed by atoms with Crippen LogP contribution in [0.3, 0.4) is 0 Å². The summed E-state index contributed by atoms with van der Waals surface area (Å²) in [4.78, 5) is 1.13. The SMILES string of the molecule is NC(c1ccoc1)c1sccc1Br. The van der Waals surface area contributed by atoms with Gasteiger partial charge in [-0.1, -0.05) is 0 Å². The van der Waals surface area contributed by atoms with Crippen LogP contribution >= 0.6 is 27.3 Å². The molecule has 2 rings (SSSR count). The van der Waals surface area contributed by atoms with Gasteiger partial charge in [0.1, 0.15) is 0 Å². The van der Waals surface area contributed by atoms with E-state index in [0.717, 1.165) is 14.9 Å². The monoisotopic (exact) mass is 257 g/mol. The fraction of sp³-hybridized carbons (Fsp3) is 0.111. The summed E-state index contributed by atoms with van der Waals surface area (Å²) in [6, 6.07) is 3.80. The summed E-state index contributed by atoms with van der Waals surface area (Å²) in [7, 11) is 0. The molecule has 1 atom stereocenters. The second kappa shape index (κ2) is 3.65. The molecule has 0 saturated heterocycles. The maximum Gasteiger partial charge on any atom is 0.0954 e. The largest absolute Gasteiger partial charge is 0.472 e. The van der Waals surface area contributed by atoms with Crippen LogP contribution in [0.5, 0.6) is 0 Å². The van der Waals surface area contributed by atoms with E-state index in [2.05, 4.69) is 15.9 Å². The van der Waals surface area contributed by atoms with E-state index in [0.29, 0.717) is 0 Å². The number of thiophene rings is 1. The number of nitrogens with two attached hydrogens (primary N) is 1. The van der Waals surface area contributed by atoms with Gasteiger partial charge in [-0.25, -0.2) is 0 Å². The third-order valence-corrected chi connectivity index (χ3v) is 3.78. The molecule has 0 fully saturated rings. The van der Waals surface area contributed by atoms with E-state index < -0.39 is 0 Å². The fourth-order valence-electron chi connectivity index (χ4n) is 1.13.